The number of carbonyl (C=O) groups is 2. The average Bonchev–Trinajstić information content (AvgIpc) is 3.31. The lowest BCUT2D eigenvalue weighted by atomic mass is 9.84. The highest BCUT2D eigenvalue weighted by Gasteiger charge is 2.55. The highest BCUT2D eigenvalue weighted by atomic mass is 31.2. The molecule has 0 aromatic carbocycles. The maximum absolute atomic E-state index is 13.4. The Hall–Kier alpha value is -1.87. The minimum absolute atomic E-state index is 0.0935. The van der Waals surface area contributed by atoms with E-state index >= 15 is 0 Å². The van der Waals surface area contributed by atoms with Gasteiger partial charge >= 0.3 is 19.8 Å². The SMILES string of the molecule is CCCCCCCCCCCCC/C=C/C=C/C(=O)OC(COC(=O)CCCCCCCCCCCCCC)COP(=O)(O)OC1C(O)C(O)C(O)C(O)C1OC1OC(CO)C(O)C(O)C1O. The minimum atomic E-state index is -5.40. The molecule has 0 aromatic heterocycles. The van der Waals surface area contributed by atoms with Gasteiger partial charge in [-0.1, -0.05) is 167 Å². The van der Waals surface area contributed by atoms with E-state index in [9.17, 15) is 59.9 Å². The number of rotatable bonds is 38. The Bertz CT molecular complexity index is 1400. The zero-order chi connectivity index (χ0) is 49.5. The van der Waals surface area contributed by atoms with Crippen LogP contribution in [0.1, 0.15) is 174 Å². The lowest BCUT2D eigenvalue weighted by Gasteiger charge is -2.47. The van der Waals surface area contributed by atoms with E-state index < -0.39 is 113 Å². The monoisotopic (exact) mass is 983 g/mol. The van der Waals surface area contributed by atoms with Crippen LogP contribution >= 0.6 is 7.82 Å². The molecule has 1 aliphatic heterocycles. The predicted octanol–water partition coefficient (Wildman–Crippen LogP) is 5.49. The third kappa shape index (κ3) is 25.2. The summed E-state index contributed by atoms with van der Waals surface area (Å²) in [5, 5.41) is 82.8. The van der Waals surface area contributed by atoms with Gasteiger partial charge in [0.15, 0.2) is 12.4 Å². The van der Waals surface area contributed by atoms with Crippen molar-refractivity contribution in [2.24, 2.45) is 0 Å². The van der Waals surface area contributed by atoms with Gasteiger partial charge in [-0.3, -0.25) is 13.8 Å². The second-order valence-electron chi connectivity index (χ2n) is 18.1. The molecule has 13 unspecified atom stereocenters. The number of carbonyl (C=O) groups excluding carboxylic acids is 2. The van der Waals surface area contributed by atoms with Crippen LogP contribution in [-0.2, 0) is 42.1 Å². The van der Waals surface area contributed by atoms with E-state index in [2.05, 4.69) is 13.8 Å². The first-order chi connectivity index (χ1) is 32.2. The van der Waals surface area contributed by atoms with E-state index in [0.717, 1.165) is 51.0 Å². The van der Waals surface area contributed by atoms with Crippen LogP contribution in [0.25, 0.3) is 0 Å². The molecule has 1 aliphatic carbocycles. The summed E-state index contributed by atoms with van der Waals surface area (Å²) in [6.07, 6.45) is 10.5. The predicted molar refractivity (Wildman–Crippen MR) is 249 cm³/mol. The largest absolute Gasteiger partial charge is 0.472 e. The number of hydrogen-bond donors (Lipinski definition) is 9. The third-order valence-electron chi connectivity index (χ3n) is 12.3. The van der Waals surface area contributed by atoms with E-state index in [1.807, 2.05) is 6.08 Å². The summed E-state index contributed by atoms with van der Waals surface area (Å²) in [6, 6.07) is 0. The van der Waals surface area contributed by atoms with E-state index in [-0.39, 0.29) is 6.42 Å². The highest BCUT2D eigenvalue weighted by molar-refractivity contribution is 7.47. The molecule has 1 saturated carbocycles. The number of hydrogen-bond acceptors (Lipinski definition) is 17. The number of unbranched alkanes of at least 4 members (excludes halogenated alkanes) is 22. The standard InChI is InChI=1S/C48H87O18P/c1-3-5-7-9-11-13-15-17-18-19-21-23-25-27-29-31-38(51)63-35(33-61-37(50)30-28-26-24-22-20-16-14-12-10-8-6-4-2)34-62-67(59,60)66-47-44(57)42(55)41(54)43(56)46(47)65-48-45(58)40(53)39(52)36(32-49)64-48/h25,27,29,31,35-36,39-49,52-58H,3-24,26,28,30,32-34H2,1-2H3,(H,59,60)/b27-25+,31-29+. The van der Waals surface area contributed by atoms with Gasteiger partial charge in [-0.15, -0.1) is 0 Å². The number of allylic oxidation sites excluding steroid dienone is 3. The maximum Gasteiger partial charge on any atom is 0.472 e. The van der Waals surface area contributed by atoms with E-state index in [4.69, 9.17) is 28.0 Å². The fraction of sp³-hybridized carbons (Fsp3) is 0.875. The van der Waals surface area contributed by atoms with Crippen molar-refractivity contribution in [3.8, 4) is 0 Å². The zero-order valence-corrected chi connectivity index (χ0v) is 41.1. The zero-order valence-electron chi connectivity index (χ0n) is 40.2. The van der Waals surface area contributed by atoms with E-state index in [1.165, 1.54) is 109 Å². The van der Waals surface area contributed by atoms with Crippen molar-refractivity contribution in [1.82, 2.24) is 0 Å². The van der Waals surface area contributed by atoms with Crippen LogP contribution in [0.2, 0.25) is 0 Å². The third-order valence-corrected chi connectivity index (χ3v) is 13.3. The van der Waals surface area contributed by atoms with Crippen LogP contribution in [0.4, 0.5) is 0 Å². The first kappa shape index (κ1) is 61.3. The summed E-state index contributed by atoms with van der Waals surface area (Å²) in [5.41, 5.74) is 0. The Labute approximate surface area is 398 Å². The lowest BCUT2D eigenvalue weighted by Crippen LogP contribution is -2.67. The van der Waals surface area contributed by atoms with Crippen molar-refractivity contribution in [3.63, 3.8) is 0 Å². The summed E-state index contributed by atoms with van der Waals surface area (Å²) < 4.78 is 45.2. The van der Waals surface area contributed by atoms with Crippen molar-refractivity contribution >= 4 is 19.8 Å². The first-order valence-electron chi connectivity index (χ1n) is 25.2. The minimum Gasteiger partial charge on any atom is -0.462 e. The fourth-order valence-corrected chi connectivity index (χ4v) is 9.05. The molecule has 0 aromatic rings. The highest BCUT2D eigenvalue weighted by Crippen LogP contribution is 2.48. The second kappa shape index (κ2) is 36.1. The van der Waals surface area contributed by atoms with Crippen molar-refractivity contribution in [3.05, 3.63) is 24.3 Å². The summed E-state index contributed by atoms with van der Waals surface area (Å²) >= 11 is 0. The quantitative estimate of drug-likeness (QED) is 0.0122. The van der Waals surface area contributed by atoms with Crippen LogP contribution in [0.15, 0.2) is 24.3 Å². The molecular weight excluding hydrogens is 895 g/mol. The summed E-state index contributed by atoms with van der Waals surface area (Å²) in [4.78, 5) is 36.4. The summed E-state index contributed by atoms with van der Waals surface area (Å²) in [7, 11) is -5.40. The van der Waals surface area contributed by atoms with Crippen LogP contribution in [0.5, 0.6) is 0 Å². The molecular formula is C48H87O18P. The molecule has 67 heavy (non-hydrogen) atoms. The van der Waals surface area contributed by atoms with Gasteiger partial charge in [0.1, 0.15) is 67.6 Å². The Balaban J connectivity index is 1.99. The van der Waals surface area contributed by atoms with Crippen molar-refractivity contribution in [2.75, 3.05) is 19.8 Å². The first-order valence-corrected chi connectivity index (χ1v) is 26.7. The molecule has 0 amide bonds. The fourth-order valence-electron chi connectivity index (χ4n) is 8.08. The summed E-state index contributed by atoms with van der Waals surface area (Å²) in [6.45, 7) is 2.12. The Morgan fingerprint density at radius 1 is 0.597 bits per heavy atom. The van der Waals surface area contributed by atoms with Crippen LogP contribution < -0.4 is 0 Å². The van der Waals surface area contributed by atoms with Gasteiger partial charge in [-0.25, -0.2) is 9.36 Å². The van der Waals surface area contributed by atoms with Crippen LogP contribution in [0, 0.1) is 0 Å². The van der Waals surface area contributed by atoms with E-state index in [1.54, 1.807) is 6.08 Å². The van der Waals surface area contributed by atoms with Gasteiger partial charge in [0, 0.05) is 12.5 Å². The summed E-state index contributed by atoms with van der Waals surface area (Å²) in [5.74, 6) is -1.47. The number of phosphoric ester groups is 1. The molecule has 1 saturated heterocycles. The number of phosphoric acid groups is 1. The molecule has 18 nitrogen and oxygen atoms in total. The average molecular weight is 983 g/mol. The molecule has 9 N–H and O–H groups in total. The molecule has 0 radical (unpaired) electrons. The molecule has 1 heterocycles. The van der Waals surface area contributed by atoms with Gasteiger partial charge in [-0.05, 0) is 19.3 Å². The van der Waals surface area contributed by atoms with Crippen LogP contribution in [-0.4, -0.2) is 151 Å². The van der Waals surface area contributed by atoms with E-state index in [0.29, 0.717) is 6.42 Å². The Morgan fingerprint density at radius 3 is 1.60 bits per heavy atom. The number of aliphatic hydroxyl groups excluding tert-OH is 8. The van der Waals surface area contributed by atoms with Gasteiger partial charge in [0.05, 0.1) is 13.2 Å². The van der Waals surface area contributed by atoms with Crippen molar-refractivity contribution in [2.45, 2.75) is 248 Å². The second-order valence-corrected chi connectivity index (χ2v) is 19.5. The topological polar surface area (TPSA) is 289 Å². The number of ether oxygens (including phenoxy) is 4. The number of aliphatic hydroxyl groups is 8. The lowest BCUT2D eigenvalue weighted by molar-refractivity contribution is -0.338. The molecule has 2 fully saturated rings. The normalized spacial score (nSPS) is 28.2. The molecule has 0 bridgehead atoms. The maximum atomic E-state index is 13.4. The molecule has 0 spiro atoms. The van der Waals surface area contributed by atoms with Gasteiger partial charge < -0.3 is 64.7 Å². The Kier molecular flexibility index (Phi) is 33.0. The molecule has 19 heteroatoms. The van der Waals surface area contributed by atoms with Gasteiger partial charge in [0.25, 0.3) is 0 Å². The van der Waals surface area contributed by atoms with Crippen molar-refractivity contribution in [1.29, 1.82) is 0 Å². The van der Waals surface area contributed by atoms with Crippen LogP contribution in [0.3, 0.4) is 0 Å². The number of esters is 2. The molecule has 2 aliphatic rings. The van der Waals surface area contributed by atoms with Gasteiger partial charge in [-0.2, -0.15) is 0 Å². The van der Waals surface area contributed by atoms with Crippen molar-refractivity contribution < 1.29 is 87.9 Å². The molecule has 392 valence electrons. The Morgan fingerprint density at radius 2 is 1.07 bits per heavy atom. The molecule has 13 atom stereocenters. The molecule has 2 rings (SSSR count). The van der Waals surface area contributed by atoms with Gasteiger partial charge in [0.2, 0.25) is 0 Å². The smallest absolute Gasteiger partial charge is 0.462 e.